The molecule has 0 radical (unpaired) electrons. The molecular weight excluding hydrogens is 256 g/mol. The first-order chi connectivity index (χ1) is 8.58. The maximum Gasteiger partial charge on any atom is 0.309 e. The predicted molar refractivity (Wildman–Crippen MR) is 64.5 cm³/mol. The van der Waals surface area contributed by atoms with E-state index < -0.39 is 11.9 Å². The maximum atomic E-state index is 11.1. The van der Waals surface area contributed by atoms with Gasteiger partial charge >= 0.3 is 11.9 Å². The number of nitrogens with one attached hydrogen (secondary N) is 1. The molecule has 0 spiro atoms. The summed E-state index contributed by atoms with van der Waals surface area (Å²) in [5.74, 6) is -0.729. The number of ether oxygens (including phenoxy) is 2. The van der Waals surface area contributed by atoms with Crippen LogP contribution in [0.4, 0.5) is 0 Å². The van der Waals surface area contributed by atoms with Crippen LogP contribution in [0.15, 0.2) is 17.8 Å². The summed E-state index contributed by atoms with van der Waals surface area (Å²) < 4.78 is 9.99. The summed E-state index contributed by atoms with van der Waals surface area (Å²) in [5, 5.41) is 2.46. The molecule has 6 nitrogen and oxygen atoms in total. The van der Waals surface area contributed by atoms with Gasteiger partial charge in [-0.05, 0) is 0 Å². The van der Waals surface area contributed by atoms with Crippen LogP contribution >= 0.6 is 11.3 Å². The van der Waals surface area contributed by atoms with E-state index in [1.54, 1.807) is 17.8 Å². The zero-order valence-electron chi connectivity index (χ0n) is 9.72. The van der Waals surface area contributed by atoms with Crippen molar-refractivity contribution in [3.05, 3.63) is 17.8 Å². The highest BCUT2D eigenvalue weighted by atomic mass is 32.1. The Morgan fingerprint density at radius 3 is 2.56 bits per heavy atom. The van der Waals surface area contributed by atoms with E-state index >= 15 is 0 Å². The van der Waals surface area contributed by atoms with Crippen molar-refractivity contribution in [2.24, 2.45) is 0 Å². The van der Waals surface area contributed by atoms with Gasteiger partial charge in [-0.1, -0.05) is 0 Å². The highest BCUT2D eigenvalue weighted by molar-refractivity contribution is 7.13. The van der Waals surface area contributed by atoms with Crippen LogP contribution in [0.1, 0.15) is 13.8 Å². The Hall–Kier alpha value is -2.15. The molecule has 0 fully saturated rings. The first-order valence-electron chi connectivity index (χ1n) is 5.06. The second-order valence-corrected chi connectivity index (χ2v) is 4.28. The van der Waals surface area contributed by atoms with Crippen molar-refractivity contribution in [3.8, 4) is 22.2 Å². The zero-order valence-corrected chi connectivity index (χ0v) is 10.5. The topological polar surface area (TPSA) is 81.3 Å². The standard InChI is InChI=1S/C11H10N2O4S/c1-6(14)16-9-8(11-12-3-4-18-11)5-13-10(9)17-7(2)15/h3-5,13H,1-2H3. The predicted octanol–water partition coefficient (Wildman–Crippen LogP) is 1.99. The summed E-state index contributed by atoms with van der Waals surface area (Å²) >= 11 is 1.39. The third kappa shape index (κ3) is 2.57. The Labute approximate surface area is 107 Å². The summed E-state index contributed by atoms with van der Waals surface area (Å²) in [7, 11) is 0. The Morgan fingerprint density at radius 2 is 2.00 bits per heavy atom. The van der Waals surface area contributed by atoms with Gasteiger partial charge in [0, 0.05) is 31.6 Å². The molecule has 1 N–H and O–H groups in total. The quantitative estimate of drug-likeness (QED) is 0.859. The maximum absolute atomic E-state index is 11.1. The van der Waals surface area contributed by atoms with Gasteiger partial charge in [-0.2, -0.15) is 0 Å². The van der Waals surface area contributed by atoms with Gasteiger partial charge in [0.15, 0.2) is 0 Å². The number of aromatic nitrogens is 2. The van der Waals surface area contributed by atoms with E-state index in [0.717, 1.165) is 0 Å². The third-order valence-corrected chi connectivity index (χ3v) is 2.76. The second-order valence-electron chi connectivity index (χ2n) is 3.39. The van der Waals surface area contributed by atoms with Crippen molar-refractivity contribution in [3.63, 3.8) is 0 Å². The number of carbonyl (C=O) groups is 2. The molecule has 18 heavy (non-hydrogen) atoms. The molecule has 94 valence electrons. The molecule has 0 aliphatic rings. The molecule has 2 aromatic rings. The minimum atomic E-state index is -0.504. The summed E-state index contributed by atoms with van der Waals surface area (Å²) in [6.07, 6.45) is 3.21. The first kappa shape index (κ1) is 12.3. The smallest absolute Gasteiger partial charge is 0.309 e. The fourth-order valence-corrected chi connectivity index (χ4v) is 2.02. The number of hydrogen-bond donors (Lipinski definition) is 1. The van der Waals surface area contributed by atoms with Gasteiger partial charge in [-0.25, -0.2) is 4.98 Å². The molecule has 0 aliphatic carbocycles. The molecule has 0 unspecified atom stereocenters. The van der Waals surface area contributed by atoms with E-state index in [2.05, 4.69) is 9.97 Å². The zero-order chi connectivity index (χ0) is 13.1. The number of thiazole rings is 1. The lowest BCUT2D eigenvalue weighted by atomic mass is 10.3. The number of rotatable bonds is 3. The summed E-state index contributed by atoms with van der Waals surface area (Å²) in [5.41, 5.74) is 0.580. The van der Waals surface area contributed by atoms with E-state index in [9.17, 15) is 9.59 Å². The second kappa shape index (κ2) is 5.01. The Balaban J connectivity index is 2.43. The van der Waals surface area contributed by atoms with Crippen LogP contribution in [0.2, 0.25) is 0 Å². The van der Waals surface area contributed by atoms with E-state index in [1.165, 1.54) is 25.2 Å². The number of nitrogens with zero attached hydrogens (tertiary/aromatic N) is 1. The molecule has 7 heteroatoms. The molecule has 2 heterocycles. The number of aromatic amines is 1. The van der Waals surface area contributed by atoms with Gasteiger partial charge in [0.05, 0.1) is 5.56 Å². The average molecular weight is 266 g/mol. The Bertz CT molecular complexity index is 574. The molecule has 0 aromatic carbocycles. The fraction of sp³-hybridized carbons (Fsp3) is 0.182. The molecule has 0 atom stereocenters. The monoisotopic (exact) mass is 266 g/mol. The van der Waals surface area contributed by atoms with Gasteiger partial charge in [0.1, 0.15) is 5.01 Å². The number of H-pyrrole nitrogens is 1. The van der Waals surface area contributed by atoms with Crippen molar-refractivity contribution in [2.75, 3.05) is 0 Å². The number of carbonyl (C=O) groups excluding carboxylic acids is 2. The van der Waals surface area contributed by atoms with Gasteiger partial charge in [0.2, 0.25) is 11.6 Å². The highest BCUT2D eigenvalue weighted by Crippen LogP contribution is 2.39. The fourth-order valence-electron chi connectivity index (χ4n) is 1.37. The minimum Gasteiger partial charge on any atom is -0.420 e. The normalized spacial score (nSPS) is 10.1. The Kier molecular flexibility index (Phi) is 3.42. The minimum absolute atomic E-state index is 0.0999. The van der Waals surface area contributed by atoms with Crippen molar-refractivity contribution >= 4 is 23.3 Å². The van der Waals surface area contributed by atoms with Gasteiger partial charge in [0.25, 0.3) is 0 Å². The number of esters is 2. The Morgan fingerprint density at radius 1 is 1.28 bits per heavy atom. The summed E-state index contributed by atoms with van der Waals surface area (Å²) in [4.78, 5) is 28.9. The lowest BCUT2D eigenvalue weighted by Crippen LogP contribution is -2.06. The SMILES string of the molecule is CC(=O)Oc1[nH]cc(-c2nccs2)c1OC(C)=O. The molecule has 0 saturated carbocycles. The van der Waals surface area contributed by atoms with E-state index in [4.69, 9.17) is 9.47 Å². The lowest BCUT2D eigenvalue weighted by molar-refractivity contribution is -0.134. The average Bonchev–Trinajstić information content (AvgIpc) is 2.87. The summed E-state index contributed by atoms with van der Waals surface area (Å²) in [6, 6.07) is 0. The van der Waals surface area contributed by atoms with Crippen LogP contribution in [-0.2, 0) is 9.59 Å². The molecule has 0 amide bonds. The first-order valence-corrected chi connectivity index (χ1v) is 5.94. The van der Waals surface area contributed by atoms with Crippen molar-refractivity contribution in [1.29, 1.82) is 0 Å². The van der Waals surface area contributed by atoms with E-state index in [-0.39, 0.29) is 11.6 Å². The molecule has 2 aromatic heterocycles. The lowest BCUT2D eigenvalue weighted by Gasteiger charge is -2.04. The molecular formula is C11H10N2O4S. The van der Waals surface area contributed by atoms with Crippen LogP contribution in [0.5, 0.6) is 11.6 Å². The van der Waals surface area contributed by atoms with E-state index in [1.807, 2.05) is 0 Å². The third-order valence-electron chi connectivity index (χ3n) is 1.95. The van der Waals surface area contributed by atoms with Crippen LogP contribution in [0.3, 0.4) is 0 Å². The highest BCUT2D eigenvalue weighted by Gasteiger charge is 2.20. The van der Waals surface area contributed by atoms with E-state index in [0.29, 0.717) is 10.6 Å². The van der Waals surface area contributed by atoms with Crippen LogP contribution in [0.25, 0.3) is 10.6 Å². The molecule has 0 bridgehead atoms. The van der Waals surface area contributed by atoms with Crippen LogP contribution in [0, 0.1) is 0 Å². The molecule has 2 rings (SSSR count). The summed E-state index contributed by atoms with van der Waals surface area (Å²) in [6.45, 7) is 2.54. The van der Waals surface area contributed by atoms with Gasteiger partial charge < -0.3 is 14.5 Å². The van der Waals surface area contributed by atoms with Crippen molar-refractivity contribution in [1.82, 2.24) is 9.97 Å². The van der Waals surface area contributed by atoms with Crippen LogP contribution in [-0.4, -0.2) is 21.9 Å². The van der Waals surface area contributed by atoms with Crippen molar-refractivity contribution in [2.45, 2.75) is 13.8 Å². The van der Waals surface area contributed by atoms with Gasteiger partial charge in [-0.15, -0.1) is 11.3 Å². The van der Waals surface area contributed by atoms with Crippen molar-refractivity contribution < 1.29 is 19.1 Å². The molecule has 0 saturated heterocycles. The van der Waals surface area contributed by atoms with Gasteiger partial charge in [-0.3, -0.25) is 9.59 Å². The van der Waals surface area contributed by atoms with Crippen LogP contribution < -0.4 is 9.47 Å². The molecule has 0 aliphatic heterocycles. The number of hydrogen-bond acceptors (Lipinski definition) is 6. The largest absolute Gasteiger partial charge is 0.420 e.